The summed E-state index contributed by atoms with van der Waals surface area (Å²) in [4.78, 5) is 41.8. The maximum Gasteiger partial charge on any atom is 0.274 e. The molecule has 0 saturated heterocycles. The number of aryl methyl sites for hydroxylation is 2. The molecule has 8 heteroatoms. The van der Waals surface area contributed by atoms with Crippen LogP contribution in [0.15, 0.2) is 30.6 Å². The molecule has 2 amide bonds. The lowest BCUT2D eigenvalue weighted by Crippen LogP contribution is -2.43. The molecule has 2 bridgehead atoms. The molecule has 0 aliphatic carbocycles. The van der Waals surface area contributed by atoms with Crippen LogP contribution in [-0.4, -0.2) is 69.8 Å². The number of amides is 2. The van der Waals surface area contributed by atoms with Gasteiger partial charge in [-0.2, -0.15) is 0 Å². The molecular weight excluding hydrogens is 356 g/mol. The van der Waals surface area contributed by atoms with E-state index in [1.807, 2.05) is 18.2 Å². The number of carbonyl (C=O) groups excluding carboxylic acids is 2. The molecule has 2 aromatic heterocycles. The van der Waals surface area contributed by atoms with Crippen LogP contribution in [0.2, 0.25) is 0 Å². The summed E-state index contributed by atoms with van der Waals surface area (Å²) in [7, 11) is 1.75. The number of hydrogen-bond acceptors (Lipinski definition) is 6. The Morgan fingerprint density at radius 2 is 1.96 bits per heavy atom. The first kappa shape index (κ1) is 19.7. The quantitative estimate of drug-likeness (QED) is 0.804. The van der Waals surface area contributed by atoms with Crippen LogP contribution in [0.3, 0.4) is 0 Å². The van der Waals surface area contributed by atoms with Crippen molar-refractivity contribution in [2.45, 2.75) is 26.2 Å². The third-order valence-corrected chi connectivity index (χ3v) is 4.79. The molecule has 0 aromatic carbocycles. The monoisotopic (exact) mass is 382 g/mol. The van der Waals surface area contributed by atoms with Gasteiger partial charge in [-0.25, -0.2) is 9.97 Å². The van der Waals surface area contributed by atoms with Crippen molar-refractivity contribution >= 4 is 17.6 Å². The van der Waals surface area contributed by atoms with Crippen molar-refractivity contribution in [1.29, 1.82) is 0 Å². The normalized spacial score (nSPS) is 16.3. The molecule has 0 radical (unpaired) electrons. The minimum Gasteiger partial charge on any atom is -0.368 e. The molecule has 0 saturated carbocycles. The second kappa shape index (κ2) is 9.25. The fourth-order valence-electron chi connectivity index (χ4n) is 3.11. The second-order valence-corrected chi connectivity index (χ2v) is 6.93. The molecule has 28 heavy (non-hydrogen) atoms. The van der Waals surface area contributed by atoms with Gasteiger partial charge in [0.05, 0.1) is 5.69 Å². The van der Waals surface area contributed by atoms with Crippen LogP contribution < -0.4 is 5.32 Å². The van der Waals surface area contributed by atoms with Crippen LogP contribution in [0, 0.1) is 6.92 Å². The minimum absolute atomic E-state index is 0.0366. The molecular formula is C20H26N6O2. The maximum absolute atomic E-state index is 13.0. The Balaban J connectivity index is 1.77. The van der Waals surface area contributed by atoms with Crippen LogP contribution in [0.25, 0.3) is 0 Å². The third-order valence-electron chi connectivity index (χ3n) is 4.79. The van der Waals surface area contributed by atoms with Gasteiger partial charge in [0, 0.05) is 44.8 Å². The van der Waals surface area contributed by atoms with Gasteiger partial charge >= 0.3 is 0 Å². The zero-order valence-corrected chi connectivity index (χ0v) is 16.4. The molecule has 1 N–H and O–H groups in total. The molecule has 3 heterocycles. The van der Waals surface area contributed by atoms with Crippen molar-refractivity contribution in [2.24, 2.45) is 0 Å². The number of anilines is 1. The molecule has 1 aliphatic rings. The number of fused-ring (bicyclic) bond motifs is 2. The second-order valence-electron chi connectivity index (χ2n) is 6.93. The molecule has 148 valence electrons. The van der Waals surface area contributed by atoms with Gasteiger partial charge in [-0.1, -0.05) is 6.07 Å². The Labute approximate surface area is 165 Å². The van der Waals surface area contributed by atoms with Crippen LogP contribution in [0.5, 0.6) is 0 Å². The van der Waals surface area contributed by atoms with Gasteiger partial charge in [-0.3, -0.25) is 14.6 Å². The van der Waals surface area contributed by atoms with Crippen molar-refractivity contribution in [1.82, 2.24) is 24.8 Å². The number of nitrogens with zero attached hydrogens (tertiary/aromatic N) is 5. The number of pyridine rings is 1. The Morgan fingerprint density at radius 1 is 1.14 bits per heavy atom. The van der Waals surface area contributed by atoms with Crippen molar-refractivity contribution in [2.75, 3.05) is 38.5 Å². The first-order valence-electron chi connectivity index (χ1n) is 9.55. The summed E-state index contributed by atoms with van der Waals surface area (Å²) < 4.78 is 0. The SMILES string of the molecule is Cc1nccnc1C(=O)N1CCCCc2cccc(n2)NCCN(C)C(=O)C1. The lowest BCUT2D eigenvalue weighted by Gasteiger charge is -2.26. The van der Waals surface area contributed by atoms with E-state index in [2.05, 4.69) is 20.3 Å². The summed E-state index contributed by atoms with van der Waals surface area (Å²) in [6, 6.07) is 5.93. The Bertz CT molecular complexity index is 841. The highest BCUT2D eigenvalue weighted by Gasteiger charge is 2.23. The maximum atomic E-state index is 13.0. The number of rotatable bonds is 1. The number of nitrogens with one attached hydrogen (secondary N) is 1. The third kappa shape index (κ3) is 5.03. The Kier molecular flexibility index (Phi) is 6.52. The van der Waals surface area contributed by atoms with Crippen molar-refractivity contribution < 1.29 is 9.59 Å². The topological polar surface area (TPSA) is 91.3 Å². The van der Waals surface area contributed by atoms with Crippen LogP contribution in [-0.2, 0) is 11.2 Å². The fourth-order valence-corrected chi connectivity index (χ4v) is 3.11. The molecule has 1 aliphatic heterocycles. The summed E-state index contributed by atoms with van der Waals surface area (Å²) in [5, 5.41) is 3.25. The average molecular weight is 382 g/mol. The van der Waals surface area contributed by atoms with E-state index < -0.39 is 0 Å². The highest BCUT2D eigenvalue weighted by Crippen LogP contribution is 2.11. The standard InChI is InChI=1S/C20H26N6O2/c1-15-19(23-10-9-21-15)20(28)26-12-4-3-6-16-7-5-8-17(24-16)22-11-13-25(2)18(27)14-26/h5,7-10H,3-4,6,11-14H2,1-2H3,(H,22,24). The van der Waals surface area contributed by atoms with Crippen LogP contribution in [0.4, 0.5) is 5.82 Å². The zero-order valence-electron chi connectivity index (χ0n) is 16.4. The molecule has 0 atom stereocenters. The van der Waals surface area contributed by atoms with Crippen LogP contribution >= 0.6 is 0 Å². The van der Waals surface area contributed by atoms with E-state index in [4.69, 9.17) is 0 Å². The van der Waals surface area contributed by atoms with Crippen molar-refractivity contribution in [3.8, 4) is 0 Å². The van der Waals surface area contributed by atoms with Gasteiger partial charge in [0.2, 0.25) is 5.91 Å². The molecule has 8 nitrogen and oxygen atoms in total. The molecule has 0 fully saturated rings. The molecule has 0 spiro atoms. The first-order valence-corrected chi connectivity index (χ1v) is 9.55. The van der Waals surface area contributed by atoms with E-state index in [-0.39, 0.29) is 18.4 Å². The summed E-state index contributed by atoms with van der Waals surface area (Å²) in [6.45, 7) is 3.40. The van der Waals surface area contributed by atoms with E-state index in [9.17, 15) is 9.59 Å². The van der Waals surface area contributed by atoms with E-state index >= 15 is 0 Å². The number of carbonyl (C=O) groups is 2. The largest absolute Gasteiger partial charge is 0.368 e. The van der Waals surface area contributed by atoms with Crippen LogP contribution in [0.1, 0.15) is 34.7 Å². The Hall–Kier alpha value is -3.03. The summed E-state index contributed by atoms with van der Waals surface area (Å²) in [5.41, 5.74) is 1.89. The number of aromatic nitrogens is 3. The molecule has 0 unspecified atom stereocenters. The minimum atomic E-state index is -0.252. The smallest absolute Gasteiger partial charge is 0.274 e. The molecule has 2 aromatic rings. The van der Waals surface area contributed by atoms with E-state index in [0.717, 1.165) is 30.8 Å². The summed E-state index contributed by atoms with van der Waals surface area (Å²) in [5.74, 6) is 0.471. The van der Waals surface area contributed by atoms with E-state index in [1.54, 1.807) is 30.0 Å². The van der Waals surface area contributed by atoms with Gasteiger partial charge in [-0.05, 0) is 38.3 Å². The van der Waals surface area contributed by atoms with Gasteiger partial charge in [0.25, 0.3) is 5.91 Å². The summed E-state index contributed by atoms with van der Waals surface area (Å²) in [6.07, 6.45) is 5.55. The zero-order chi connectivity index (χ0) is 19.9. The van der Waals surface area contributed by atoms with Gasteiger partial charge in [-0.15, -0.1) is 0 Å². The number of likely N-dealkylation sites (N-methyl/N-ethyl adjacent to an activating group) is 1. The molecule has 3 rings (SSSR count). The lowest BCUT2D eigenvalue weighted by atomic mass is 10.1. The van der Waals surface area contributed by atoms with E-state index in [1.165, 1.54) is 6.20 Å². The van der Waals surface area contributed by atoms with Crippen molar-refractivity contribution in [3.63, 3.8) is 0 Å². The highest BCUT2D eigenvalue weighted by atomic mass is 16.2. The van der Waals surface area contributed by atoms with Crippen molar-refractivity contribution in [3.05, 3.63) is 47.7 Å². The predicted octanol–water partition coefficient (Wildman–Crippen LogP) is 1.53. The van der Waals surface area contributed by atoms with Gasteiger partial charge in [0.15, 0.2) is 0 Å². The first-order chi connectivity index (χ1) is 13.5. The van der Waals surface area contributed by atoms with E-state index in [0.29, 0.717) is 31.0 Å². The number of hydrogen-bond donors (Lipinski definition) is 1. The van der Waals surface area contributed by atoms with Gasteiger partial charge in [0.1, 0.15) is 18.1 Å². The summed E-state index contributed by atoms with van der Waals surface area (Å²) >= 11 is 0. The lowest BCUT2D eigenvalue weighted by molar-refractivity contribution is -0.130. The Morgan fingerprint density at radius 3 is 2.79 bits per heavy atom. The highest BCUT2D eigenvalue weighted by molar-refractivity contribution is 5.95. The predicted molar refractivity (Wildman–Crippen MR) is 106 cm³/mol. The average Bonchev–Trinajstić information content (AvgIpc) is 2.69. The van der Waals surface area contributed by atoms with Gasteiger partial charge < -0.3 is 15.1 Å². The fraction of sp³-hybridized carbons (Fsp3) is 0.450.